The van der Waals surface area contributed by atoms with Crippen LogP contribution in [-0.4, -0.2) is 4.98 Å². The number of hydrogen-bond acceptors (Lipinski definition) is 2. The molecule has 0 amide bonds. The minimum absolute atomic E-state index is 0.711. The number of nitrogens with zero attached hydrogens (tertiary/aromatic N) is 1. The van der Waals surface area contributed by atoms with Crippen LogP contribution < -0.4 is 5.73 Å². The van der Waals surface area contributed by atoms with Crippen molar-refractivity contribution >= 4 is 5.82 Å². The van der Waals surface area contributed by atoms with E-state index in [4.69, 9.17) is 5.73 Å². The van der Waals surface area contributed by atoms with E-state index in [2.05, 4.69) is 4.98 Å². The summed E-state index contributed by atoms with van der Waals surface area (Å²) in [5.41, 5.74) is 8.06. The van der Waals surface area contributed by atoms with E-state index in [1.165, 1.54) is 11.1 Å². The number of hydrogen-bond donors (Lipinski definition) is 1. The van der Waals surface area contributed by atoms with Crippen LogP contribution in [0.5, 0.6) is 0 Å². The summed E-state index contributed by atoms with van der Waals surface area (Å²) in [7, 11) is 0. The van der Waals surface area contributed by atoms with Crippen molar-refractivity contribution in [2.45, 2.75) is 6.42 Å². The molecule has 0 aromatic carbocycles. The molecule has 0 atom stereocenters. The number of nitrogens with two attached hydrogens (primary N) is 1. The summed E-state index contributed by atoms with van der Waals surface area (Å²) in [6, 6.07) is 2.01. The fourth-order valence-corrected chi connectivity index (χ4v) is 0.846. The highest BCUT2D eigenvalue weighted by Crippen LogP contribution is 2.30. The van der Waals surface area contributed by atoms with Crippen LogP contribution in [0.4, 0.5) is 5.82 Å². The van der Waals surface area contributed by atoms with Gasteiger partial charge in [-0.1, -0.05) is 0 Å². The molecular weight excluding hydrogens is 100 g/mol. The molecule has 2 N–H and O–H groups in total. The highest BCUT2D eigenvalue weighted by molar-refractivity contribution is 5.57. The number of pyridine rings is 1. The summed E-state index contributed by atoms with van der Waals surface area (Å²) in [5, 5.41) is 0. The molecule has 0 fully saturated rings. The Morgan fingerprint density at radius 1 is 1.62 bits per heavy atom. The second kappa shape index (κ2) is 1.02. The molecule has 2 nitrogen and oxygen atoms in total. The Morgan fingerprint density at radius 3 is 3.12 bits per heavy atom. The van der Waals surface area contributed by atoms with Crippen molar-refractivity contribution in [3.05, 3.63) is 23.4 Å². The van der Waals surface area contributed by atoms with Gasteiger partial charge >= 0.3 is 0 Å². The van der Waals surface area contributed by atoms with Gasteiger partial charge in [-0.05, 0) is 11.6 Å². The molecule has 0 saturated carbocycles. The smallest absolute Gasteiger partial charge is 0.127 e. The SMILES string of the molecule is Nc1nccc2c1C2. The first kappa shape index (κ1) is 3.89. The van der Waals surface area contributed by atoms with Crippen LogP contribution in [0, 0.1) is 0 Å². The Hall–Kier alpha value is -1.05. The van der Waals surface area contributed by atoms with Crippen molar-refractivity contribution in [3.63, 3.8) is 0 Å². The van der Waals surface area contributed by atoms with Crippen LogP contribution in [-0.2, 0) is 6.42 Å². The Morgan fingerprint density at radius 2 is 2.50 bits per heavy atom. The van der Waals surface area contributed by atoms with E-state index in [9.17, 15) is 0 Å². The summed E-state index contributed by atoms with van der Waals surface area (Å²) in [6.45, 7) is 0. The van der Waals surface area contributed by atoms with Crippen molar-refractivity contribution in [3.8, 4) is 0 Å². The second-order valence-electron chi connectivity index (χ2n) is 2.01. The molecule has 40 valence electrons. The second-order valence-corrected chi connectivity index (χ2v) is 2.01. The van der Waals surface area contributed by atoms with Gasteiger partial charge in [0.1, 0.15) is 5.82 Å². The van der Waals surface area contributed by atoms with E-state index in [1.54, 1.807) is 6.20 Å². The van der Waals surface area contributed by atoms with Gasteiger partial charge in [-0.3, -0.25) is 0 Å². The lowest BCUT2D eigenvalue weighted by molar-refractivity contribution is 1.35. The monoisotopic (exact) mass is 106 g/mol. The van der Waals surface area contributed by atoms with Gasteiger partial charge in [0.2, 0.25) is 0 Å². The Bertz CT molecular complexity index is 230. The number of nitrogen functional groups attached to an aromatic ring is 1. The van der Waals surface area contributed by atoms with E-state index < -0.39 is 0 Å². The quantitative estimate of drug-likeness (QED) is 0.533. The lowest BCUT2D eigenvalue weighted by Crippen LogP contribution is -1.86. The van der Waals surface area contributed by atoms with Gasteiger partial charge < -0.3 is 5.73 Å². The number of aromatic nitrogens is 1. The van der Waals surface area contributed by atoms with Crippen LogP contribution in [0.3, 0.4) is 0 Å². The van der Waals surface area contributed by atoms with Gasteiger partial charge in [0.05, 0.1) is 0 Å². The fraction of sp³-hybridized carbons (Fsp3) is 0.167. The lowest BCUT2D eigenvalue weighted by atomic mass is 10.5. The zero-order valence-electron chi connectivity index (χ0n) is 4.39. The maximum atomic E-state index is 5.46. The molecular formula is C6H6N2. The van der Waals surface area contributed by atoms with Crippen LogP contribution in [0.2, 0.25) is 0 Å². The van der Waals surface area contributed by atoms with Crippen molar-refractivity contribution < 1.29 is 0 Å². The molecule has 2 heteroatoms. The standard InChI is InChI=1S/C6H6N2/c7-6-5-3-4(5)1-2-8-6/h1-2H,3H2,(H2,7,8). The van der Waals surface area contributed by atoms with Gasteiger partial charge in [0.25, 0.3) is 0 Å². The number of anilines is 1. The largest absolute Gasteiger partial charge is 0.383 e. The average Bonchev–Trinajstić information content (AvgIpc) is 2.45. The summed E-state index contributed by atoms with van der Waals surface area (Å²) in [6.07, 6.45) is 2.81. The number of rotatable bonds is 0. The maximum Gasteiger partial charge on any atom is 0.127 e. The predicted molar refractivity (Wildman–Crippen MR) is 31.5 cm³/mol. The highest BCUT2D eigenvalue weighted by Gasteiger charge is 2.18. The van der Waals surface area contributed by atoms with Gasteiger partial charge in [0.15, 0.2) is 0 Å². The van der Waals surface area contributed by atoms with Crippen LogP contribution >= 0.6 is 0 Å². The minimum atomic E-state index is 0.711. The summed E-state index contributed by atoms with van der Waals surface area (Å²) in [4.78, 5) is 3.91. The molecule has 1 heterocycles. The maximum absolute atomic E-state index is 5.46. The molecule has 2 rings (SSSR count). The van der Waals surface area contributed by atoms with Gasteiger partial charge in [0, 0.05) is 18.2 Å². The Balaban J connectivity index is 2.70. The molecule has 0 bridgehead atoms. The van der Waals surface area contributed by atoms with E-state index in [0.717, 1.165) is 6.42 Å². The molecule has 1 aliphatic rings. The topological polar surface area (TPSA) is 38.9 Å². The van der Waals surface area contributed by atoms with E-state index >= 15 is 0 Å². The molecule has 0 spiro atoms. The summed E-state index contributed by atoms with van der Waals surface area (Å²) >= 11 is 0. The number of fused-ring (bicyclic) bond motifs is 1. The predicted octanol–water partition coefficient (Wildman–Crippen LogP) is 0.568. The first-order chi connectivity index (χ1) is 3.88. The first-order valence-corrected chi connectivity index (χ1v) is 2.60. The van der Waals surface area contributed by atoms with Crippen molar-refractivity contribution in [2.75, 3.05) is 5.73 Å². The van der Waals surface area contributed by atoms with Gasteiger partial charge in [-0.15, -0.1) is 0 Å². The molecule has 1 aliphatic carbocycles. The normalized spacial score (nSPS) is 13.0. The van der Waals surface area contributed by atoms with Crippen LogP contribution in [0.1, 0.15) is 11.1 Å². The Labute approximate surface area is 47.4 Å². The third-order valence-corrected chi connectivity index (χ3v) is 1.43. The summed E-state index contributed by atoms with van der Waals surface area (Å²) in [5.74, 6) is 0.711. The molecule has 0 saturated heterocycles. The molecule has 0 radical (unpaired) electrons. The zero-order chi connectivity index (χ0) is 5.56. The fourth-order valence-electron chi connectivity index (χ4n) is 0.846. The molecule has 1 aromatic heterocycles. The van der Waals surface area contributed by atoms with Gasteiger partial charge in [-0.2, -0.15) is 0 Å². The third kappa shape index (κ3) is 0.346. The van der Waals surface area contributed by atoms with Gasteiger partial charge in [-0.25, -0.2) is 4.98 Å². The van der Waals surface area contributed by atoms with E-state index in [0.29, 0.717) is 5.82 Å². The van der Waals surface area contributed by atoms with Crippen molar-refractivity contribution in [1.82, 2.24) is 4.98 Å². The van der Waals surface area contributed by atoms with Crippen molar-refractivity contribution in [1.29, 1.82) is 0 Å². The molecule has 1 aromatic rings. The molecule has 0 aliphatic heterocycles. The zero-order valence-corrected chi connectivity index (χ0v) is 4.39. The highest BCUT2D eigenvalue weighted by atomic mass is 14.8. The first-order valence-electron chi connectivity index (χ1n) is 2.60. The molecule has 0 unspecified atom stereocenters. The molecule has 8 heavy (non-hydrogen) atoms. The third-order valence-electron chi connectivity index (χ3n) is 1.43. The minimum Gasteiger partial charge on any atom is -0.383 e. The van der Waals surface area contributed by atoms with E-state index in [1.807, 2.05) is 6.07 Å². The lowest BCUT2D eigenvalue weighted by Gasteiger charge is -1.82. The van der Waals surface area contributed by atoms with Crippen LogP contribution in [0.25, 0.3) is 0 Å². The summed E-state index contributed by atoms with van der Waals surface area (Å²) < 4.78 is 0. The van der Waals surface area contributed by atoms with E-state index in [-0.39, 0.29) is 0 Å². The Kier molecular flexibility index (Phi) is 0.497. The van der Waals surface area contributed by atoms with Crippen LogP contribution in [0.15, 0.2) is 12.3 Å². The van der Waals surface area contributed by atoms with Crippen molar-refractivity contribution in [2.24, 2.45) is 0 Å². The average molecular weight is 106 g/mol.